The number of nitrogens with zero attached hydrogens (tertiary/aromatic N) is 1. The van der Waals surface area contributed by atoms with Crippen LogP contribution in [0.5, 0.6) is 0 Å². The van der Waals surface area contributed by atoms with Gasteiger partial charge in [-0.2, -0.15) is 0 Å². The van der Waals surface area contributed by atoms with E-state index in [-0.39, 0.29) is 12.2 Å². The molecule has 6 nitrogen and oxygen atoms in total. The Balaban J connectivity index is 1.77. The number of ether oxygens (including phenoxy) is 1. The highest BCUT2D eigenvalue weighted by atomic mass is 35.5. The van der Waals surface area contributed by atoms with Crippen LogP contribution in [0.2, 0.25) is 5.02 Å². The van der Waals surface area contributed by atoms with Crippen LogP contribution in [0.25, 0.3) is 21.3 Å². The number of esters is 1. The van der Waals surface area contributed by atoms with E-state index in [4.69, 9.17) is 20.9 Å². The summed E-state index contributed by atoms with van der Waals surface area (Å²) in [6.45, 7) is 3.62. The van der Waals surface area contributed by atoms with E-state index in [0.717, 1.165) is 10.1 Å². The lowest BCUT2D eigenvalue weighted by atomic mass is 10.1. The topological polar surface area (TPSA) is 81.4 Å². The molecule has 0 aliphatic heterocycles. The Bertz CT molecular complexity index is 1260. The van der Waals surface area contributed by atoms with E-state index in [1.54, 1.807) is 38.1 Å². The number of anilines is 1. The minimum absolute atomic E-state index is 0.234. The third-order valence-electron chi connectivity index (χ3n) is 4.52. The summed E-state index contributed by atoms with van der Waals surface area (Å²) in [5.74, 6) is -0.583. The number of aromatic nitrogens is 1. The predicted molar refractivity (Wildman–Crippen MR) is 117 cm³/mol. The molecule has 1 N–H and O–H groups in total. The van der Waals surface area contributed by atoms with Gasteiger partial charge < -0.3 is 14.6 Å². The number of fused-ring (bicyclic) bond motifs is 1. The lowest BCUT2D eigenvalue weighted by molar-refractivity contribution is 0.0530. The molecule has 0 aliphatic carbocycles. The molecule has 0 saturated heterocycles. The van der Waals surface area contributed by atoms with E-state index in [1.165, 1.54) is 11.3 Å². The summed E-state index contributed by atoms with van der Waals surface area (Å²) in [4.78, 5) is 25.8. The summed E-state index contributed by atoms with van der Waals surface area (Å²) < 4.78 is 11.4. The van der Waals surface area contributed by atoms with Gasteiger partial charge in [-0.25, -0.2) is 4.79 Å². The van der Waals surface area contributed by atoms with Crippen molar-refractivity contribution in [3.8, 4) is 11.3 Å². The average molecular weight is 441 g/mol. The second-order valence-electron chi connectivity index (χ2n) is 6.42. The Kier molecular flexibility index (Phi) is 5.57. The highest BCUT2D eigenvalue weighted by molar-refractivity contribution is 7.23. The molecule has 0 radical (unpaired) electrons. The van der Waals surface area contributed by atoms with E-state index < -0.39 is 11.9 Å². The van der Waals surface area contributed by atoms with Crippen molar-refractivity contribution in [3.05, 3.63) is 70.4 Å². The van der Waals surface area contributed by atoms with Gasteiger partial charge >= 0.3 is 5.97 Å². The molecule has 8 heteroatoms. The molecule has 4 aromatic rings. The normalized spacial score (nSPS) is 10.9. The number of hydrogen-bond donors (Lipinski definition) is 1. The molecule has 30 heavy (non-hydrogen) atoms. The molecule has 2 aromatic carbocycles. The summed E-state index contributed by atoms with van der Waals surface area (Å²) in [7, 11) is 0. The lowest BCUT2D eigenvalue weighted by Gasteiger charge is -2.08. The Morgan fingerprint density at radius 1 is 1.13 bits per heavy atom. The fourth-order valence-corrected chi connectivity index (χ4v) is 4.49. The molecular weight excluding hydrogens is 424 g/mol. The number of halogens is 1. The molecule has 0 atom stereocenters. The van der Waals surface area contributed by atoms with Crippen molar-refractivity contribution in [1.82, 2.24) is 5.16 Å². The number of rotatable bonds is 5. The number of thiophene rings is 1. The first-order valence-electron chi connectivity index (χ1n) is 9.22. The maximum absolute atomic E-state index is 13.2. The first-order valence-corrected chi connectivity index (χ1v) is 10.4. The van der Waals surface area contributed by atoms with Gasteiger partial charge in [0, 0.05) is 15.6 Å². The molecule has 0 fully saturated rings. The van der Waals surface area contributed by atoms with Gasteiger partial charge in [-0.15, -0.1) is 11.3 Å². The largest absolute Gasteiger partial charge is 0.462 e. The SMILES string of the molecule is CCOC(=O)c1c(NC(=O)c2c(-c3ccccc3Cl)noc2C)sc2ccccc12. The molecule has 4 rings (SSSR count). The maximum Gasteiger partial charge on any atom is 0.341 e. The van der Waals surface area contributed by atoms with Crippen molar-refractivity contribution in [2.24, 2.45) is 0 Å². The minimum Gasteiger partial charge on any atom is -0.462 e. The predicted octanol–water partition coefficient (Wildman–Crippen LogP) is 5.95. The highest BCUT2D eigenvalue weighted by Gasteiger charge is 2.26. The van der Waals surface area contributed by atoms with Gasteiger partial charge in [-0.05, 0) is 26.0 Å². The second kappa shape index (κ2) is 8.30. The van der Waals surface area contributed by atoms with Gasteiger partial charge in [0.1, 0.15) is 27.6 Å². The van der Waals surface area contributed by atoms with Crippen LogP contribution in [0, 0.1) is 6.92 Å². The smallest absolute Gasteiger partial charge is 0.341 e. The van der Waals surface area contributed by atoms with E-state index in [1.807, 2.05) is 24.3 Å². The Morgan fingerprint density at radius 3 is 2.63 bits per heavy atom. The fraction of sp³-hybridized carbons (Fsp3) is 0.136. The van der Waals surface area contributed by atoms with E-state index in [9.17, 15) is 9.59 Å². The van der Waals surface area contributed by atoms with Crippen LogP contribution in [0.4, 0.5) is 5.00 Å². The van der Waals surface area contributed by atoms with Crippen LogP contribution in [0.3, 0.4) is 0 Å². The van der Waals surface area contributed by atoms with Crippen LogP contribution < -0.4 is 5.32 Å². The molecule has 0 spiro atoms. The molecule has 1 amide bonds. The molecule has 0 aliphatic rings. The van der Waals surface area contributed by atoms with Crippen LogP contribution in [-0.2, 0) is 4.74 Å². The molecule has 152 valence electrons. The standard InChI is InChI=1S/C22H17ClN2O4S/c1-3-28-22(27)18-14-9-5-7-11-16(14)30-21(18)24-20(26)17-12(2)29-25-19(17)13-8-4-6-10-15(13)23/h4-11H,3H2,1-2H3,(H,24,26). The van der Waals surface area contributed by atoms with Crippen molar-refractivity contribution in [2.45, 2.75) is 13.8 Å². The molecular formula is C22H17ClN2O4S. The van der Waals surface area contributed by atoms with Crippen molar-refractivity contribution in [1.29, 1.82) is 0 Å². The lowest BCUT2D eigenvalue weighted by Crippen LogP contribution is -2.15. The first kappa shape index (κ1) is 20.1. The monoisotopic (exact) mass is 440 g/mol. The summed E-state index contributed by atoms with van der Waals surface area (Å²) >= 11 is 7.59. The molecule has 2 heterocycles. The third-order valence-corrected chi connectivity index (χ3v) is 5.94. The van der Waals surface area contributed by atoms with Crippen molar-refractivity contribution >= 4 is 49.9 Å². The number of carbonyl (C=O) groups excluding carboxylic acids is 2. The van der Waals surface area contributed by atoms with E-state index in [2.05, 4.69) is 10.5 Å². The summed E-state index contributed by atoms with van der Waals surface area (Å²) in [6.07, 6.45) is 0. The number of aryl methyl sites for hydroxylation is 1. The quantitative estimate of drug-likeness (QED) is 0.388. The number of amides is 1. The average Bonchev–Trinajstić information content (AvgIpc) is 3.28. The summed E-state index contributed by atoms with van der Waals surface area (Å²) in [6, 6.07) is 14.5. The number of benzene rings is 2. The van der Waals surface area contributed by atoms with Crippen LogP contribution in [0.1, 0.15) is 33.4 Å². The van der Waals surface area contributed by atoms with Gasteiger partial charge in [0.15, 0.2) is 0 Å². The van der Waals surface area contributed by atoms with Gasteiger partial charge in [-0.1, -0.05) is 53.2 Å². The van der Waals surface area contributed by atoms with Gasteiger partial charge in [0.05, 0.1) is 11.6 Å². The van der Waals surface area contributed by atoms with Gasteiger partial charge in [-0.3, -0.25) is 4.79 Å². The zero-order valence-electron chi connectivity index (χ0n) is 16.2. The van der Waals surface area contributed by atoms with Gasteiger partial charge in [0.2, 0.25) is 0 Å². The Morgan fingerprint density at radius 2 is 1.87 bits per heavy atom. The molecule has 0 bridgehead atoms. The van der Waals surface area contributed by atoms with E-state index in [0.29, 0.717) is 32.6 Å². The molecule has 0 saturated carbocycles. The second-order valence-corrected chi connectivity index (χ2v) is 7.88. The van der Waals surface area contributed by atoms with Gasteiger partial charge in [0.25, 0.3) is 5.91 Å². The first-order chi connectivity index (χ1) is 14.5. The highest BCUT2D eigenvalue weighted by Crippen LogP contribution is 2.37. The number of nitrogens with one attached hydrogen (secondary N) is 1. The van der Waals surface area contributed by atoms with Crippen LogP contribution in [0.15, 0.2) is 53.1 Å². The Labute approximate surface area is 181 Å². The van der Waals surface area contributed by atoms with Crippen molar-refractivity contribution in [2.75, 3.05) is 11.9 Å². The fourth-order valence-electron chi connectivity index (χ4n) is 3.18. The zero-order chi connectivity index (χ0) is 21.3. The Hall–Kier alpha value is -3.16. The summed E-state index contributed by atoms with van der Waals surface area (Å²) in [5.41, 5.74) is 1.52. The van der Waals surface area contributed by atoms with Crippen molar-refractivity contribution < 1.29 is 18.8 Å². The van der Waals surface area contributed by atoms with Crippen LogP contribution in [-0.4, -0.2) is 23.6 Å². The third kappa shape index (κ3) is 3.58. The van der Waals surface area contributed by atoms with E-state index >= 15 is 0 Å². The van der Waals surface area contributed by atoms with Crippen molar-refractivity contribution in [3.63, 3.8) is 0 Å². The zero-order valence-corrected chi connectivity index (χ0v) is 17.8. The molecule has 2 aromatic heterocycles. The van der Waals surface area contributed by atoms with Crippen LogP contribution >= 0.6 is 22.9 Å². The maximum atomic E-state index is 13.2. The molecule has 0 unspecified atom stereocenters. The summed E-state index contributed by atoms with van der Waals surface area (Å²) in [5, 5.41) is 8.47. The number of hydrogen-bond acceptors (Lipinski definition) is 6. The minimum atomic E-state index is -0.487. The number of carbonyl (C=O) groups is 2.